The van der Waals surface area contributed by atoms with Gasteiger partial charge in [-0.05, 0) is 18.9 Å². The van der Waals surface area contributed by atoms with E-state index in [-0.39, 0.29) is 0 Å². The first-order valence-corrected chi connectivity index (χ1v) is 4.79. The number of ketones is 1. The summed E-state index contributed by atoms with van der Waals surface area (Å²) in [5.41, 5.74) is 2.37. The highest BCUT2D eigenvalue weighted by Gasteiger charge is 2.01. The van der Waals surface area contributed by atoms with Crippen LogP contribution >= 0.6 is 0 Å². The Morgan fingerprint density at radius 1 is 1.23 bits per heavy atom. The fourth-order valence-electron chi connectivity index (χ4n) is 1.30. The Labute approximate surface area is 79.8 Å². The molecule has 0 saturated carbocycles. The molecule has 1 nitrogen and oxygen atoms in total. The van der Waals surface area contributed by atoms with Gasteiger partial charge in [0.1, 0.15) is 5.78 Å². The molecule has 0 atom stereocenters. The molecule has 1 rings (SSSR count). The summed E-state index contributed by atoms with van der Waals surface area (Å²) < 4.78 is 0. The van der Waals surface area contributed by atoms with Gasteiger partial charge in [0.05, 0.1) is 0 Å². The molecular weight excluding hydrogens is 160 g/mol. The van der Waals surface area contributed by atoms with Crippen molar-refractivity contribution in [1.82, 2.24) is 0 Å². The highest BCUT2D eigenvalue weighted by atomic mass is 16.1. The van der Waals surface area contributed by atoms with Gasteiger partial charge in [0.2, 0.25) is 0 Å². The molecule has 0 amide bonds. The second-order valence-corrected chi connectivity index (χ2v) is 3.45. The van der Waals surface area contributed by atoms with Crippen molar-refractivity contribution < 1.29 is 4.79 Å². The zero-order valence-electron chi connectivity index (χ0n) is 8.34. The Morgan fingerprint density at radius 3 is 2.38 bits per heavy atom. The van der Waals surface area contributed by atoms with Crippen molar-refractivity contribution in [2.75, 3.05) is 0 Å². The van der Waals surface area contributed by atoms with Crippen LogP contribution in [0.25, 0.3) is 0 Å². The molecule has 70 valence electrons. The van der Waals surface area contributed by atoms with E-state index < -0.39 is 0 Å². The minimum atomic E-state index is 0.339. The van der Waals surface area contributed by atoms with Crippen molar-refractivity contribution in [3.05, 3.63) is 35.4 Å². The molecule has 1 heteroatoms. The lowest BCUT2D eigenvalue weighted by atomic mass is 10.1. The molecule has 0 saturated heterocycles. The van der Waals surface area contributed by atoms with Crippen molar-refractivity contribution in [2.24, 2.45) is 0 Å². The Kier molecular flexibility index (Phi) is 3.69. The van der Waals surface area contributed by atoms with Gasteiger partial charge in [-0.3, -0.25) is 4.79 Å². The van der Waals surface area contributed by atoms with Gasteiger partial charge in [0.15, 0.2) is 0 Å². The van der Waals surface area contributed by atoms with Gasteiger partial charge in [-0.25, -0.2) is 0 Å². The van der Waals surface area contributed by atoms with E-state index in [1.165, 1.54) is 5.56 Å². The largest absolute Gasteiger partial charge is 0.299 e. The van der Waals surface area contributed by atoms with Crippen molar-refractivity contribution >= 4 is 5.78 Å². The van der Waals surface area contributed by atoms with Crippen LogP contribution in [0.2, 0.25) is 0 Å². The number of hydrogen-bond acceptors (Lipinski definition) is 1. The average Bonchev–Trinajstić information content (AvgIpc) is 2.09. The van der Waals surface area contributed by atoms with E-state index in [2.05, 4.69) is 19.1 Å². The molecule has 0 aliphatic rings. The van der Waals surface area contributed by atoms with Crippen molar-refractivity contribution in [2.45, 2.75) is 33.1 Å². The SMILES string of the molecule is CCCC(=O)Cc1ccc(C)cc1. The van der Waals surface area contributed by atoms with E-state index in [4.69, 9.17) is 0 Å². The van der Waals surface area contributed by atoms with E-state index in [0.29, 0.717) is 18.6 Å². The number of rotatable bonds is 4. The number of aryl methyl sites for hydroxylation is 1. The monoisotopic (exact) mass is 176 g/mol. The molecule has 1 aromatic rings. The average molecular weight is 176 g/mol. The lowest BCUT2D eigenvalue weighted by Gasteiger charge is -2.00. The normalized spacial score (nSPS) is 10.0. The maximum absolute atomic E-state index is 11.3. The zero-order valence-corrected chi connectivity index (χ0v) is 8.34. The van der Waals surface area contributed by atoms with Crippen LogP contribution in [-0.2, 0) is 11.2 Å². The lowest BCUT2D eigenvalue weighted by molar-refractivity contribution is -0.118. The van der Waals surface area contributed by atoms with Gasteiger partial charge in [-0.2, -0.15) is 0 Å². The summed E-state index contributed by atoms with van der Waals surface area (Å²) in [6.07, 6.45) is 2.24. The predicted octanol–water partition coefficient (Wildman–Crippen LogP) is 2.91. The van der Waals surface area contributed by atoms with E-state index in [1.807, 2.05) is 19.1 Å². The number of carbonyl (C=O) groups is 1. The Bertz CT molecular complexity index is 272. The molecule has 0 aliphatic heterocycles. The molecule has 0 aliphatic carbocycles. The Hall–Kier alpha value is -1.11. The minimum absolute atomic E-state index is 0.339. The van der Waals surface area contributed by atoms with Crippen LogP contribution in [0.4, 0.5) is 0 Å². The topological polar surface area (TPSA) is 17.1 Å². The molecule has 0 aromatic heterocycles. The third-order valence-corrected chi connectivity index (χ3v) is 2.05. The van der Waals surface area contributed by atoms with Crippen LogP contribution in [0.15, 0.2) is 24.3 Å². The zero-order chi connectivity index (χ0) is 9.68. The van der Waals surface area contributed by atoms with Gasteiger partial charge in [0.25, 0.3) is 0 Å². The predicted molar refractivity (Wildman–Crippen MR) is 54.8 cm³/mol. The molecule has 0 spiro atoms. The maximum Gasteiger partial charge on any atom is 0.137 e. The third kappa shape index (κ3) is 3.41. The molecule has 0 bridgehead atoms. The Balaban J connectivity index is 2.54. The molecular formula is C12H16O. The van der Waals surface area contributed by atoms with Gasteiger partial charge in [-0.15, -0.1) is 0 Å². The first-order chi connectivity index (χ1) is 6.22. The number of Topliss-reactive ketones (excluding diaryl/α,β-unsaturated/α-hetero) is 1. The molecule has 0 fully saturated rings. The van der Waals surface area contributed by atoms with Crippen LogP contribution in [0.1, 0.15) is 30.9 Å². The van der Waals surface area contributed by atoms with Crippen molar-refractivity contribution in [3.8, 4) is 0 Å². The molecule has 0 unspecified atom stereocenters. The lowest BCUT2D eigenvalue weighted by Crippen LogP contribution is -2.01. The van der Waals surface area contributed by atoms with E-state index >= 15 is 0 Å². The summed E-state index contributed by atoms with van der Waals surface area (Å²) in [6.45, 7) is 4.09. The smallest absolute Gasteiger partial charge is 0.137 e. The van der Waals surface area contributed by atoms with Crippen LogP contribution in [-0.4, -0.2) is 5.78 Å². The summed E-state index contributed by atoms with van der Waals surface area (Å²) in [5, 5.41) is 0. The van der Waals surface area contributed by atoms with Crippen LogP contribution < -0.4 is 0 Å². The second kappa shape index (κ2) is 4.80. The van der Waals surface area contributed by atoms with E-state index in [1.54, 1.807) is 0 Å². The number of hydrogen-bond donors (Lipinski definition) is 0. The first-order valence-electron chi connectivity index (χ1n) is 4.79. The third-order valence-electron chi connectivity index (χ3n) is 2.05. The Morgan fingerprint density at radius 2 is 1.85 bits per heavy atom. The number of benzene rings is 1. The fourth-order valence-corrected chi connectivity index (χ4v) is 1.30. The fraction of sp³-hybridized carbons (Fsp3) is 0.417. The van der Waals surface area contributed by atoms with E-state index in [9.17, 15) is 4.79 Å². The summed E-state index contributed by atoms with van der Waals surface area (Å²) in [5.74, 6) is 0.339. The summed E-state index contributed by atoms with van der Waals surface area (Å²) in [4.78, 5) is 11.3. The van der Waals surface area contributed by atoms with Crippen molar-refractivity contribution in [1.29, 1.82) is 0 Å². The standard InChI is InChI=1S/C12H16O/c1-3-4-12(13)9-11-7-5-10(2)6-8-11/h5-8H,3-4,9H2,1-2H3. The molecule has 0 N–H and O–H groups in total. The highest BCUT2D eigenvalue weighted by Crippen LogP contribution is 2.05. The van der Waals surface area contributed by atoms with Gasteiger partial charge in [0, 0.05) is 12.8 Å². The van der Waals surface area contributed by atoms with Gasteiger partial charge >= 0.3 is 0 Å². The molecule has 1 aromatic carbocycles. The summed E-state index contributed by atoms with van der Waals surface area (Å²) in [7, 11) is 0. The minimum Gasteiger partial charge on any atom is -0.299 e. The molecule has 0 heterocycles. The number of carbonyl (C=O) groups excluding carboxylic acids is 1. The molecule has 0 radical (unpaired) electrons. The van der Waals surface area contributed by atoms with Crippen LogP contribution in [0, 0.1) is 6.92 Å². The quantitative estimate of drug-likeness (QED) is 0.689. The van der Waals surface area contributed by atoms with Crippen molar-refractivity contribution in [3.63, 3.8) is 0 Å². The second-order valence-electron chi connectivity index (χ2n) is 3.45. The van der Waals surface area contributed by atoms with Crippen LogP contribution in [0.5, 0.6) is 0 Å². The maximum atomic E-state index is 11.3. The van der Waals surface area contributed by atoms with Crippen LogP contribution in [0.3, 0.4) is 0 Å². The van der Waals surface area contributed by atoms with Gasteiger partial charge in [-0.1, -0.05) is 36.8 Å². The van der Waals surface area contributed by atoms with Gasteiger partial charge < -0.3 is 0 Å². The highest BCUT2D eigenvalue weighted by molar-refractivity contribution is 5.80. The van der Waals surface area contributed by atoms with E-state index in [0.717, 1.165) is 12.0 Å². The summed E-state index contributed by atoms with van der Waals surface area (Å²) in [6, 6.07) is 8.16. The molecule has 13 heavy (non-hydrogen) atoms. The summed E-state index contributed by atoms with van der Waals surface area (Å²) >= 11 is 0. The first kappa shape index (κ1) is 9.97.